The van der Waals surface area contributed by atoms with Crippen molar-refractivity contribution < 1.29 is 4.74 Å². The summed E-state index contributed by atoms with van der Waals surface area (Å²) < 4.78 is 5.90. The monoisotopic (exact) mass is 209 g/mol. The molecule has 1 saturated carbocycles. The predicted molar refractivity (Wildman–Crippen MR) is 60.9 cm³/mol. The smallest absolute Gasteiger partial charge is 0.0609 e. The van der Waals surface area contributed by atoms with E-state index in [9.17, 15) is 0 Å². The molecule has 0 bridgehead atoms. The topological polar surface area (TPSA) is 12.5 Å². The number of ether oxygens (including phenoxy) is 1. The standard InChI is InChI=1S/C13H23NO/c1-14-8-6-13(7-9-14)5-2-3-12-11(13)4-10-15-12/h11-12H,2-10H2,1H3. The molecule has 2 heterocycles. The molecule has 2 saturated heterocycles. The highest BCUT2D eigenvalue weighted by Crippen LogP contribution is 2.52. The van der Waals surface area contributed by atoms with E-state index < -0.39 is 0 Å². The Bertz CT molecular complexity index is 233. The van der Waals surface area contributed by atoms with E-state index in [-0.39, 0.29) is 0 Å². The third-order valence-corrected chi connectivity index (χ3v) is 5.14. The van der Waals surface area contributed by atoms with E-state index in [4.69, 9.17) is 4.74 Å². The lowest BCUT2D eigenvalue weighted by atomic mass is 9.60. The van der Waals surface area contributed by atoms with Crippen LogP contribution in [0.1, 0.15) is 38.5 Å². The highest BCUT2D eigenvalue weighted by molar-refractivity contribution is 4.99. The van der Waals surface area contributed by atoms with Gasteiger partial charge < -0.3 is 9.64 Å². The summed E-state index contributed by atoms with van der Waals surface area (Å²) in [6.07, 6.45) is 9.04. The van der Waals surface area contributed by atoms with Gasteiger partial charge in [0.25, 0.3) is 0 Å². The van der Waals surface area contributed by atoms with Crippen LogP contribution in [0.15, 0.2) is 0 Å². The molecule has 2 atom stereocenters. The molecule has 2 aliphatic heterocycles. The Kier molecular flexibility index (Phi) is 2.52. The highest BCUT2D eigenvalue weighted by atomic mass is 16.5. The van der Waals surface area contributed by atoms with Crippen molar-refractivity contribution in [1.29, 1.82) is 0 Å². The fourth-order valence-electron chi connectivity index (χ4n) is 4.16. The van der Waals surface area contributed by atoms with E-state index in [0.717, 1.165) is 12.5 Å². The molecule has 0 radical (unpaired) electrons. The van der Waals surface area contributed by atoms with Gasteiger partial charge in [0.1, 0.15) is 0 Å². The Morgan fingerprint density at radius 2 is 1.93 bits per heavy atom. The van der Waals surface area contributed by atoms with Crippen LogP contribution in [0, 0.1) is 11.3 Å². The molecule has 86 valence electrons. The summed E-state index contributed by atoms with van der Waals surface area (Å²) in [5, 5.41) is 0. The molecule has 0 aromatic carbocycles. The Morgan fingerprint density at radius 1 is 1.13 bits per heavy atom. The second kappa shape index (κ2) is 3.74. The van der Waals surface area contributed by atoms with Gasteiger partial charge >= 0.3 is 0 Å². The van der Waals surface area contributed by atoms with Crippen LogP contribution in [0.2, 0.25) is 0 Å². The first kappa shape index (κ1) is 10.1. The molecule has 2 heteroatoms. The number of rotatable bonds is 0. The summed E-state index contributed by atoms with van der Waals surface area (Å²) in [4.78, 5) is 2.49. The number of likely N-dealkylation sites (tertiary alicyclic amines) is 1. The van der Waals surface area contributed by atoms with Crippen molar-refractivity contribution in [2.75, 3.05) is 26.7 Å². The average Bonchev–Trinajstić information content (AvgIpc) is 2.72. The van der Waals surface area contributed by atoms with Gasteiger partial charge in [-0.3, -0.25) is 0 Å². The van der Waals surface area contributed by atoms with Gasteiger partial charge in [0, 0.05) is 6.61 Å². The molecule has 3 fully saturated rings. The van der Waals surface area contributed by atoms with Crippen LogP contribution in [0.25, 0.3) is 0 Å². The lowest BCUT2D eigenvalue weighted by Gasteiger charge is -2.49. The van der Waals surface area contributed by atoms with Crippen molar-refractivity contribution in [3.8, 4) is 0 Å². The molecule has 1 aliphatic carbocycles. The first-order valence-electron chi connectivity index (χ1n) is 6.60. The zero-order valence-corrected chi connectivity index (χ0v) is 9.87. The van der Waals surface area contributed by atoms with Crippen LogP contribution in [0.4, 0.5) is 0 Å². The third kappa shape index (κ3) is 1.62. The lowest BCUT2D eigenvalue weighted by Crippen LogP contribution is -2.47. The van der Waals surface area contributed by atoms with E-state index in [2.05, 4.69) is 11.9 Å². The number of piperidine rings is 1. The van der Waals surface area contributed by atoms with Crippen LogP contribution in [0.5, 0.6) is 0 Å². The van der Waals surface area contributed by atoms with Gasteiger partial charge in [-0.15, -0.1) is 0 Å². The Morgan fingerprint density at radius 3 is 2.73 bits per heavy atom. The van der Waals surface area contributed by atoms with Crippen molar-refractivity contribution in [2.45, 2.75) is 44.6 Å². The highest BCUT2D eigenvalue weighted by Gasteiger charge is 2.48. The minimum Gasteiger partial charge on any atom is -0.378 e. The van der Waals surface area contributed by atoms with Gasteiger partial charge in [-0.2, -0.15) is 0 Å². The van der Waals surface area contributed by atoms with Gasteiger partial charge in [0.15, 0.2) is 0 Å². The van der Waals surface area contributed by atoms with Gasteiger partial charge in [-0.1, -0.05) is 6.42 Å². The number of fused-ring (bicyclic) bond motifs is 2. The molecule has 3 aliphatic rings. The first-order chi connectivity index (χ1) is 7.30. The maximum absolute atomic E-state index is 5.90. The summed E-state index contributed by atoms with van der Waals surface area (Å²) in [7, 11) is 2.26. The average molecular weight is 209 g/mol. The molecule has 0 amide bonds. The summed E-state index contributed by atoms with van der Waals surface area (Å²) >= 11 is 0. The molecule has 2 unspecified atom stereocenters. The van der Waals surface area contributed by atoms with E-state index in [1.807, 2.05) is 0 Å². The molecular formula is C13H23NO. The van der Waals surface area contributed by atoms with Gasteiger partial charge in [-0.25, -0.2) is 0 Å². The summed E-state index contributed by atoms with van der Waals surface area (Å²) in [5.41, 5.74) is 0.673. The van der Waals surface area contributed by atoms with Crippen molar-refractivity contribution in [3.05, 3.63) is 0 Å². The van der Waals surface area contributed by atoms with E-state index >= 15 is 0 Å². The van der Waals surface area contributed by atoms with Crippen molar-refractivity contribution >= 4 is 0 Å². The molecule has 0 aromatic rings. The van der Waals surface area contributed by atoms with Crippen LogP contribution >= 0.6 is 0 Å². The predicted octanol–water partition coefficient (Wildman–Crippen LogP) is 2.29. The Labute approximate surface area is 93.0 Å². The minimum absolute atomic E-state index is 0.627. The van der Waals surface area contributed by atoms with Gasteiger partial charge in [0.2, 0.25) is 0 Å². The van der Waals surface area contributed by atoms with Crippen molar-refractivity contribution in [1.82, 2.24) is 4.90 Å². The van der Waals surface area contributed by atoms with Gasteiger partial charge in [0.05, 0.1) is 6.10 Å². The maximum Gasteiger partial charge on any atom is 0.0609 e. The molecule has 1 spiro atoms. The molecule has 3 rings (SSSR count). The zero-order valence-electron chi connectivity index (χ0n) is 9.87. The van der Waals surface area contributed by atoms with E-state index in [1.165, 1.54) is 51.6 Å². The maximum atomic E-state index is 5.90. The summed E-state index contributed by atoms with van der Waals surface area (Å²) in [6, 6.07) is 0. The van der Waals surface area contributed by atoms with Crippen LogP contribution in [-0.4, -0.2) is 37.7 Å². The molecular weight excluding hydrogens is 186 g/mol. The largest absolute Gasteiger partial charge is 0.378 e. The fourth-order valence-corrected chi connectivity index (χ4v) is 4.16. The summed E-state index contributed by atoms with van der Waals surface area (Å²) in [6.45, 7) is 3.65. The quantitative estimate of drug-likeness (QED) is 0.607. The van der Waals surface area contributed by atoms with Gasteiger partial charge in [-0.05, 0) is 63.6 Å². The second-order valence-corrected chi connectivity index (χ2v) is 5.86. The van der Waals surface area contributed by atoms with Crippen molar-refractivity contribution in [3.63, 3.8) is 0 Å². The molecule has 15 heavy (non-hydrogen) atoms. The molecule has 0 aromatic heterocycles. The first-order valence-corrected chi connectivity index (χ1v) is 6.60. The zero-order chi connectivity index (χ0) is 10.3. The lowest BCUT2D eigenvalue weighted by molar-refractivity contribution is -0.0345. The minimum atomic E-state index is 0.627. The number of hydrogen-bond donors (Lipinski definition) is 0. The van der Waals surface area contributed by atoms with E-state index in [0.29, 0.717) is 11.5 Å². The van der Waals surface area contributed by atoms with Crippen LogP contribution < -0.4 is 0 Å². The fraction of sp³-hybridized carbons (Fsp3) is 1.00. The van der Waals surface area contributed by atoms with Crippen LogP contribution in [-0.2, 0) is 4.74 Å². The van der Waals surface area contributed by atoms with E-state index in [1.54, 1.807) is 0 Å². The number of hydrogen-bond acceptors (Lipinski definition) is 2. The third-order valence-electron chi connectivity index (χ3n) is 5.14. The Hall–Kier alpha value is -0.0800. The van der Waals surface area contributed by atoms with Crippen molar-refractivity contribution in [2.24, 2.45) is 11.3 Å². The Balaban J connectivity index is 1.77. The number of nitrogens with zero attached hydrogens (tertiary/aromatic N) is 1. The normalized spacial score (nSPS) is 40.6. The molecule has 0 N–H and O–H groups in total. The second-order valence-electron chi connectivity index (χ2n) is 5.86. The van der Waals surface area contributed by atoms with Crippen LogP contribution in [0.3, 0.4) is 0 Å². The molecule has 2 nitrogen and oxygen atoms in total. The summed E-state index contributed by atoms with van der Waals surface area (Å²) in [5.74, 6) is 0.903. The SMILES string of the molecule is CN1CCC2(CCCC3OCCC32)CC1.